The summed E-state index contributed by atoms with van der Waals surface area (Å²) in [6.07, 6.45) is -9.80. The molecule has 3 unspecified atom stereocenters. The number of anilines is 1. The van der Waals surface area contributed by atoms with Crippen molar-refractivity contribution < 1.29 is 77.2 Å². The predicted molar refractivity (Wildman–Crippen MR) is 177 cm³/mol. The van der Waals surface area contributed by atoms with Gasteiger partial charge in [-0.1, -0.05) is 37.8 Å². The van der Waals surface area contributed by atoms with Gasteiger partial charge >= 0.3 is 21.6 Å². The Kier molecular flexibility index (Phi) is 13.4. The molecule has 2 saturated heterocycles. The number of nitrogens with one attached hydrogen (secondary N) is 1. The second-order valence-electron chi connectivity index (χ2n) is 12.8. The van der Waals surface area contributed by atoms with Crippen molar-refractivity contribution in [3.63, 3.8) is 0 Å². The number of aromatic amines is 1. The minimum atomic E-state index is -5.71. The Morgan fingerprint density at radius 3 is 2.44 bits per heavy atom. The van der Waals surface area contributed by atoms with Crippen LogP contribution in [0.3, 0.4) is 0 Å². The van der Waals surface area contributed by atoms with Crippen molar-refractivity contribution in [3.05, 3.63) is 28.6 Å². The van der Waals surface area contributed by atoms with Crippen LogP contribution < -0.4 is 11.3 Å². The molecule has 0 saturated carbocycles. The lowest BCUT2D eigenvalue weighted by molar-refractivity contribution is -0.278. The van der Waals surface area contributed by atoms with Crippen LogP contribution in [-0.2, 0) is 49.7 Å². The van der Waals surface area contributed by atoms with Crippen molar-refractivity contribution in [2.24, 2.45) is 5.92 Å². The van der Waals surface area contributed by atoms with Crippen LogP contribution in [0.25, 0.3) is 11.2 Å². The normalized spacial score (nSPS) is 30.3. The second-order valence-corrected chi connectivity index (χ2v) is 15.8. The predicted octanol–water partition coefficient (Wildman–Crippen LogP) is -2.12. The zero-order valence-electron chi connectivity index (χ0n) is 28.5. The maximum atomic E-state index is 12.8. The number of phosphoric ester groups is 2. The molecule has 3 aromatic rings. The summed E-state index contributed by atoms with van der Waals surface area (Å²) in [6.45, 7) is 0.634. The molecule has 54 heavy (non-hydrogen) atoms. The average molecular weight is 813 g/mol. The molecule has 3 aromatic heterocycles. The fraction of sp³-hybridized carbons (Fsp3) is 0.704. The molecule has 0 amide bonds. The quantitative estimate of drug-likeness (QED) is 0.0485. The number of carboxylic acid groups (broad SMARTS) is 1. The van der Waals surface area contributed by atoms with Crippen LogP contribution in [0, 0.1) is 5.92 Å². The largest absolute Gasteiger partial charge is 0.483 e. The number of aliphatic hydroxyl groups excluding tert-OH is 5. The van der Waals surface area contributed by atoms with Gasteiger partial charge in [-0.2, -0.15) is 9.29 Å². The molecule has 2 aliphatic rings. The number of hydrogen-bond acceptors (Lipinski definition) is 19. The zero-order valence-corrected chi connectivity index (χ0v) is 30.3. The number of unbranched alkanes of at least 4 members (excludes halogenated alkanes) is 3. The van der Waals surface area contributed by atoms with Crippen molar-refractivity contribution in [1.29, 1.82) is 0 Å². The third kappa shape index (κ3) is 9.94. The highest BCUT2D eigenvalue weighted by Gasteiger charge is 2.50. The van der Waals surface area contributed by atoms with Gasteiger partial charge in [0.2, 0.25) is 5.95 Å². The number of nitrogens with two attached hydrogens (primary N) is 1. The van der Waals surface area contributed by atoms with Crippen LogP contribution in [0.15, 0.2) is 17.3 Å². The number of nitrogen functional groups attached to an aromatic ring is 1. The first-order valence-corrected chi connectivity index (χ1v) is 19.6. The number of hydrogen-bond donors (Lipinski definition) is 10. The van der Waals surface area contributed by atoms with Crippen LogP contribution in [0.4, 0.5) is 5.95 Å². The van der Waals surface area contributed by atoms with Crippen molar-refractivity contribution in [2.45, 2.75) is 107 Å². The highest BCUT2D eigenvalue weighted by molar-refractivity contribution is 7.61. The van der Waals surface area contributed by atoms with E-state index in [0.717, 1.165) is 34.8 Å². The minimum absolute atomic E-state index is 0.0566. The molecule has 5 rings (SSSR count). The summed E-state index contributed by atoms with van der Waals surface area (Å²) in [5.41, 5.74) is 4.87. The summed E-state index contributed by atoms with van der Waals surface area (Å²) in [7, 11) is -11.3. The van der Waals surface area contributed by atoms with E-state index in [4.69, 9.17) is 24.3 Å². The van der Waals surface area contributed by atoms with Crippen molar-refractivity contribution in [2.75, 3.05) is 12.3 Å². The number of phosphoric acid groups is 2. The molecule has 302 valence electrons. The summed E-state index contributed by atoms with van der Waals surface area (Å²) >= 11 is 0. The van der Waals surface area contributed by atoms with E-state index in [2.05, 4.69) is 29.6 Å². The molecule has 25 nitrogen and oxygen atoms in total. The first kappa shape index (κ1) is 41.9. The SMILES string of the molecule is CCCCCCC(Cc1cn(C[C@@H]2O[C@H](OP(=O)(O)OP(=O)(O)OC[C@H]3O[C@@H](n4cnc5c(=O)[nH]c(N)nc54)[C@H](O)[C@@H]3O)[C@@H](O)[C@H](O)[C@@H]2O)nn1)C(=O)O. The Balaban J connectivity index is 1.17. The van der Waals surface area contributed by atoms with Crippen LogP contribution >= 0.6 is 15.6 Å². The number of imidazole rings is 1. The molecule has 0 aliphatic carbocycles. The zero-order chi connectivity index (χ0) is 39.5. The van der Waals surface area contributed by atoms with Gasteiger partial charge in [0.25, 0.3) is 5.56 Å². The van der Waals surface area contributed by atoms with E-state index in [1.165, 1.54) is 6.20 Å². The lowest BCUT2D eigenvalue weighted by atomic mass is 9.96. The van der Waals surface area contributed by atoms with Crippen LogP contribution in [0.1, 0.15) is 50.9 Å². The number of aliphatic hydroxyl groups is 5. The van der Waals surface area contributed by atoms with Crippen molar-refractivity contribution in [3.8, 4) is 0 Å². The first-order valence-electron chi connectivity index (χ1n) is 16.6. The summed E-state index contributed by atoms with van der Waals surface area (Å²) in [5, 5.41) is 69.9. The number of aromatic nitrogens is 7. The summed E-state index contributed by atoms with van der Waals surface area (Å²) in [6, 6.07) is 0. The van der Waals surface area contributed by atoms with E-state index in [1.54, 1.807) is 0 Å². The van der Waals surface area contributed by atoms with Crippen LogP contribution in [-0.4, -0.2) is 137 Å². The minimum Gasteiger partial charge on any atom is -0.481 e. The molecule has 0 spiro atoms. The van der Waals surface area contributed by atoms with Gasteiger partial charge in [0.1, 0.15) is 42.7 Å². The smallest absolute Gasteiger partial charge is 0.481 e. The standard InChI is InChI=1S/C27H42N8O17P2/c1-2-3-4-5-6-12(25(42)43)7-13-8-34(33-32-13)9-14-17(36)19(38)21(40)26(50-14)51-54(46,47)52-53(44,45)48-10-15-18(37)20(39)24(49-15)35-11-29-16-22(35)30-27(28)31-23(16)41/h8,11-12,14-15,17-21,24,26,36-40H,2-7,9-10H2,1H3,(H,42,43)(H,44,45)(H,46,47)(H3,28,30,31,41)/t12?,14-,15+,17+,18+,19+,20+,21-,24+,26+/m0/s1. The van der Waals surface area contributed by atoms with Crippen molar-refractivity contribution in [1.82, 2.24) is 34.5 Å². The number of H-pyrrole nitrogens is 1. The van der Waals surface area contributed by atoms with Crippen LogP contribution in [0.2, 0.25) is 0 Å². The molecule has 0 aromatic carbocycles. The maximum absolute atomic E-state index is 12.8. The van der Waals surface area contributed by atoms with Gasteiger partial charge < -0.3 is 55.6 Å². The monoisotopic (exact) mass is 812 g/mol. The lowest BCUT2D eigenvalue weighted by Gasteiger charge is -2.40. The highest BCUT2D eigenvalue weighted by atomic mass is 31.3. The molecular formula is C27H42N8O17P2. The summed E-state index contributed by atoms with van der Waals surface area (Å²) < 4.78 is 52.3. The van der Waals surface area contributed by atoms with Gasteiger partial charge in [-0.15, -0.1) is 5.10 Å². The molecule has 0 bridgehead atoms. The number of carboxylic acids is 1. The molecule has 27 heteroatoms. The summed E-state index contributed by atoms with van der Waals surface area (Å²) in [4.78, 5) is 54.4. The van der Waals surface area contributed by atoms with Crippen molar-refractivity contribution >= 4 is 38.7 Å². The van der Waals surface area contributed by atoms with E-state index in [-0.39, 0.29) is 30.1 Å². The Bertz CT molecular complexity index is 1910. The second kappa shape index (κ2) is 17.3. The van der Waals surface area contributed by atoms with Gasteiger partial charge in [-0.3, -0.25) is 28.2 Å². The third-order valence-electron chi connectivity index (χ3n) is 8.74. The van der Waals surface area contributed by atoms with E-state index in [9.17, 15) is 59.1 Å². The lowest BCUT2D eigenvalue weighted by Crippen LogP contribution is -2.58. The molecule has 5 heterocycles. The molecular weight excluding hydrogens is 770 g/mol. The first-order chi connectivity index (χ1) is 25.4. The van der Waals surface area contributed by atoms with Gasteiger partial charge in [0.05, 0.1) is 31.1 Å². The number of rotatable bonds is 18. The van der Waals surface area contributed by atoms with Gasteiger partial charge in [0, 0.05) is 12.6 Å². The van der Waals surface area contributed by atoms with E-state index in [0.29, 0.717) is 18.5 Å². The highest BCUT2D eigenvalue weighted by Crippen LogP contribution is 2.61. The summed E-state index contributed by atoms with van der Waals surface area (Å²) in [5.74, 6) is -2.02. The fourth-order valence-electron chi connectivity index (χ4n) is 5.94. The Morgan fingerprint density at radius 1 is 1.02 bits per heavy atom. The topological polar surface area (TPSA) is 380 Å². The van der Waals surface area contributed by atoms with E-state index < -0.39 is 94.9 Å². The van der Waals surface area contributed by atoms with Gasteiger partial charge in [-0.05, 0) is 6.42 Å². The Hall–Kier alpha value is -3.26. The van der Waals surface area contributed by atoms with Crippen LogP contribution in [0.5, 0.6) is 0 Å². The number of fused-ring (bicyclic) bond motifs is 1. The Morgan fingerprint density at radius 2 is 1.74 bits per heavy atom. The fourth-order valence-corrected chi connectivity index (χ4v) is 8.10. The average Bonchev–Trinajstić information content (AvgIpc) is 3.79. The maximum Gasteiger partial charge on any atom is 0.483 e. The Labute approximate surface area is 304 Å². The molecule has 12 atom stereocenters. The molecule has 2 fully saturated rings. The third-order valence-corrected chi connectivity index (χ3v) is 11.3. The van der Waals surface area contributed by atoms with E-state index >= 15 is 0 Å². The molecule has 11 N–H and O–H groups in total. The number of aliphatic carboxylic acids is 1. The van der Waals surface area contributed by atoms with Gasteiger partial charge in [0.15, 0.2) is 23.7 Å². The number of nitrogens with zero attached hydrogens (tertiary/aromatic N) is 6. The molecule has 2 aliphatic heterocycles. The number of ether oxygens (including phenoxy) is 2. The molecule has 0 radical (unpaired) electrons. The number of carbonyl (C=O) groups is 1. The van der Waals surface area contributed by atoms with E-state index in [1.807, 2.05) is 6.92 Å². The van der Waals surface area contributed by atoms with Gasteiger partial charge in [-0.25, -0.2) is 18.8 Å².